The molecule has 4 N–H and O–H groups in total. The predicted octanol–water partition coefficient (Wildman–Crippen LogP) is 5.14. The molecule has 0 aliphatic carbocycles. The van der Waals surface area contributed by atoms with E-state index in [1.807, 2.05) is 12.1 Å². The number of hydrogen-bond donors (Lipinski definition) is 4. The summed E-state index contributed by atoms with van der Waals surface area (Å²) < 4.78 is 15.0. The Kier molecular flexibility index (Phi) is 7.42. The van der Waals surface area contributed by atoms with Crippen LogP contribution in [0.25, 0.3) is 5.57 Å². The van der Waals surface area contributed by atoms with Crippen molar-refractivity contribution in [2.45, 2.75) is 12.3 Å². The Labute approximate surface area is 159 Å². The van der Waals surface area contributed by atoms with E-state index in [1.165, 1.54) is 23.8 Å². The fourth-order valence-electron chi connectivity index (χ4n) is 2.32. The summed E-state index contributed by atoms with van der Waals surface area (Å²) in [7, 11) is 1.77. The van der Waals surface area contributed by atoms with Crippen molar-refractivity contribution in [3.8, 4) is 0 Å². The second-order valence-electron chi connectivity index (χ2n) is 4.88. The van der Waals surface area contributed by atoms with Crippen LogP contribution in [0.4, 0.5) is 15.4 Å². The van der Waals surface area contributed by atoms with Gasteiger partial charge in [-0.25, -0.2) is 4.98 Å². The summed E-state index contributed by atoms with van der Waals surface area (Å²) in [4.78, 5) is 5.23. The summed E-state index contributed by atoms with van der Waals surface area (Å²) in [6, 6.07) is 5.39. The predicted molar refractivity (Wildman–Crippen MR) is 108 cm³/mol. The molecule has 0 fully saturated rings. The SMILES string of the molecule is CNc1nc(CCl)sc1/C(C=N)=C/Cc1cccc(NSF)c1C=N. The average molecular weight is 398 g/mol. The van der Waals surface area contributed by atoms with Crippen molar-refractivity contribution >= 4 is 64.8 Å². The Morgan fingerprint density at radius 2 is 2.24 bits per heavy atom. The largest absolute Gasteiger partial charge is 0.372 e. The van der Waals surface area contributed by atoms with Crippen LogP contribution in [-0.2, 0) is 12.3 Å². The van der Waals surface area contributed by atoms with Gasteiger partial charge in [-0.2, -0.15) is 0 Å². The highest BCUT2D eigenvalue weighted by atomic mass is 35.5. The fourth-order valence-corrected chi connectivity index (χ4v) is 3.73. The Hall–Kier alpha value is -1.90. The van der Waals surface area contributed by atoms with Crippen LogP contribution in [0.2, 0.25) is 0 Å². The summed E-state index contributed by atoms with van der Waals surface area (Å²) in [6.07, 6.45) is 4.87. The minimum atomic E-state index is -0.00337. The van der Waals surface area contributed by atoms with Crippen LogP contribution in [0.3, 0.4) is 0 Å². The van der Waals surface area contributed by atoms with Crippen molar-refractivity contribution in [3.05, 3.63) is 45.3 Å². The van der Waals surface area contributed by atoms with Crippen LogP contribution < -0.4 is 10.0 Å². The molecule has 0 spiro atoms. The molecule has 132 valence electrons. The van der Waals surface area contributed by atoms with Gasteiger partial charge in [0.1, 0.15) is 10.8 Å². The van der Waals surface area contributed by atoms with Crippen molar-refractivity contribution < 1.29 is 3.89 Å². The monoisotopic (exact) mass is 397 g/mol. The Morgan fingerprint density at radius 3 is 2.84 bits per heavy atom. The van der Waals surface area contributed by atoms with Crippen molar-refractivity contribution in [3.63, 3.8) is 0 Å². The first-order valence-corrected chi connectivity index (χ1v) is 9.35. The minimum absolute atomic E-state index is 0.00337. The Balaban J connectivity index is 2.36. The van der Waals surface area contributed by atoms with Crippen molar-refractivity contribution in [1.29, 1.82) is 10.8 Å². The number of alkyl halides is 1. The number of aromatic nitrogens is 1. The van der Waals surface area contributed by atoms with Crippen molar-refractivity contribution in [1.82, 2.24) is 4.98 Å². The number of nitrogens with zero attached hydrogens (tertiary/aromatic N) is 1. The molecule has 5 nitrogen and oxygen atoms in total. The van der Waals surface area contributed by atoms with E-state index in [9.17, 15) is 3.89 Å². The second kappa shape index (κ2) is 9.55. The highest BCUT2D eigenvalue weighted by molar-refractivity contribution is 7.95. The van der Waals surface area contributed by atoms with Crippen LogP contribution in [0.5, 0.6) is 0 Å². The Bertz CT molecular complexity index is 791. The molecule has 1 aromatic heterocycles. The highest BCUT2D eigenvalue weighted by Gasteiger charge is 2.13. The van der Waals surface area contributed by atoms with E-state index in [2.05, 4.69) is 15.0 Å². The molecule has 2 aromatic rings. The molecule has 2 rings (SSSR count). The van der Waals surface area contributed by atoms with E-state index in [-0.39, 0.29) is 12.3 Å². The zero-order chi connectivity index (χ0) is 18.2. The lowest BCUT2D eigenvalue weighted by molar-refractivity contribution is 0.943. The molecule has 0 saturated carbocycles. The summed E-state index contributed by atoms with van der Waals surface area (Å²) in [5.74, 6) is 1.00. The smallest absolute Gasteiger partial charge is 0.162 e. The molecule has 0 saturated heterocycles. The molecule has 0 amide bonds. The normalized spacial score (nSPS) is 11.2. The molecule has 9 heteroatoms. The van der Waals surface area contributed by atoms with Crippen LogP contribution in [0.15, 0.2) is 24.3 Å². The van der Waals surface area contributed by atoms with Gasteiger partial charge in [0.2, 0.25) is 0 Å². The maximum Gasteiger partial charge on any atom is 0.162 e. The van der Waals surface area contributed by atoms with Gasteiger partial charge in [-0.1, -0.05) is 18.2 Å². The van der Waals surface area contributed by atoms with Crippen LogP contribution in [0, 0.1) is 10.8 Å². The zero-order valence-electron chi connectivity index (χ0n) is 13.4. The summed E-state index contributed by atoms with van der Waals surface area (Å²) >= 11 is 7.29. The van der Waals surface area contributed by atoms with Gasteiger partial charge in [0.15, 0.2) is 12.3 Å². The number of benzene rings is 1. The quantitative estimate of drug-likeness (QED) is 0.268. The van der Waals surface area contributed by atoms with E-state index in [0.717, 1.165) is 15.4 Å². The molecule has 0 unspecified atom stereocenters. The molecule has 0 aliphatic rings. The highest BCUT2D eigenvalue weighted by Crippen LogP contribution is 2.31. The topological polar surface area (TPSA) is 84.7 Å². The average Bonchev–Trinajstić information content (AvgIpc) is 3.06. The number of nitrogens with one attached hydrogen (secondary N) is 4. The number of anilines is 2. The standard InChI is InChI=1S/C16H17ClFN5S2/c1-21-16-15(24-14(7-17)22-16)11(8-19)6-5-10-3-2-4-13(23-25-18)12(10)9-20/h2-4,6,8-9,19-21,23H,5,7H2,1H3/b11-6+,19-8?,20-9?. The first-order chi connectivity index (χ1) is 12.2. The third kappa shape index (κ3) is 4.59. The van der Waals surface area contributed by atoms with E-state index in [4.69, 9.17) is 22.4 Å². The number of allylic oxidation sites excluding steroid dienone is 2. The lowest BCUT2D eigenvalue weighted by Gasteiger charge is -2.09. The minimum Gasteiger partial charge on any atom is -0.372 e. The third-order valence-corrected chi connectivity index (χ3v) is 5.28. The van der Waals surface area contributed by atoms with Gasteiger partial charge in [0.05, 0.1) is 16.4 Å². The van der Waals surface area contributed by atoms with Crippen molar-refractivity contribution in [2.75, 3.05) is 17.1 Å². The van der Waals surface area contributed by atoms with Gasteiger partial charge < -0.3 is 20.9 Å². The second-order valence-corrected chi connectivity index (χ2v) is 6.59. The van der Waals surface area contributed by atoms with E-state index in [1.54, 1.807) is 19.2 Å². The van der Waals surface area contributed by atoms with Crippen molar-refractivity contribution in [2.24, 2.45) is 0 Å². The summed E-state index contributed by atoms with van der Waals surface area (Å²) in [5.41, 5.74) is 2.74. The van der Waals surface area contributed by atoms with Crippen LogP contribution in [-0.4, -0.2) is 24.5 Å². The van der Waals surface area contributed by atoms with Crippen LogP contribution in [0.1, 0.15) is 21.0 Å². The third-order valence-electron chi connectivity index (χ3n) is 3.47. The summed E-state index contributed by atoms with van der Waals surface area (Å²) in [5, 5.41) is 19.1. The van der Waals surface area contributed by atoms with E-state index < -0.39 is 0 Å². The van der Waals surface area contributed by atoms with Gasteiger partial charge in [0.25, 0.3) is 0 Å². The maximum absolute atomic E-state index is 12.5. The van der Waals surface area contributed by atoms with Gasteiger partial charge >= 0.3 is 0 Å². The molecule has 1 aromatic carbocycles. The van der Waals surface area contributed by atoms with E-state index >= 15 is 0 Å². The molecular weight excluding hydrogens is 381 g/mol. The molecular formula is C16H17ClFN5S2. The van der Waals surface area contributed by atoms with Gasteiger partial charge in [0, 0.05) is 30.6 Å². The molecule has 25 heavy (non-hydrogen) atoms. The molecule has 0 bridgehead atoms. The molecule has 0 atom stereocenters. The lowest BCUT2D eigenvalue weighted by atomic mass is 10.0. The summed E-state index contributed by atoms with van der Waals surface area (Å²) in [6.45, 7) is 0. The van der Waals surface area contributed by atoms with Gasteiger partial charge in [-0.15, -0.1) is 26.8 Å². The van der Waals surface area contributed by atoms with E-state index in [0.29, 0.717) is 34.9 Å². The fraction of sp³-hybridized carbons (Fsp3) is 0.188. The van der Waals surface area contributed by atoms with Crippen LogP contribution >= 0.6 is 35.3 Å². The first-order valence-electron chi connectivity index (χ1n) is 7.28. The Morgan fingerprint density at radius 1 is 1.44 bits per heavy atom. The van der Waals surface area contributed by atoms with Gasteiger partial charge in [-0.3, -0.25) is 0 Å². The number of halogens is 2. The number of thiazole rings is 1. The lowest BCUT2D eigenvalue weighted by Crippen LogP contribution is -1.98. The number of hydrogen-bond acceptors (Lipinski definition) is 7. The maximum atomic E-state index is 12.5. The zero-order valence-corrected chi connectivity index (χ0v) is 15.8. The molecule has 0 aliphatic heterocycles. The van der Waals surface area contributed by atoms with Gasteiger partial charge in [-0.05, 0) is 18.1 Å². The molecule has 0 radical (unpaired) electrons. The number of rotatable bonds is 9. The molecule has 1 heterocycles. The first kappa shape index (κ1) is 19.4.